The van der Waals surface area contributed by atoms with E-state index in [1.165, 1.54) is 6.92 Å². The van der Waals surface area contributed by atoms with Crippen LogP contribution in [0.5, 0.6) is 5.75 Å². The van der Waals surface area contributed by atoms with E-state index in [9.17, 15) is 9.59 Å². The van der Waals surface area contributed by atoms with Gasteiger partial charge in [0.15, 0.2) is 18.7 Å². The highest BCUT2D eigenvalue weighted by atomic mass is 16.7. The van der Waals surface area contributed by atoms with E-state index >= 15 is 0 Å². The van der Waals surface area contributed by atoms with Gasteiger partial charge in [-0.2, -0.15) is 0 Å². The Morgan fingerprint density at radius 3 is 2.58 bits per heavy atom. The van der Waals surface area contributed by atoms with Gasteiger partial charge in [0.2, 0.25) is 0 Å². The largest absolute Gasteiger partial charge is 0.484 e. The first-order valence-corrected chi connectivity index (χ1v) is 8.38. The van der Waals surface area contributed by atoms with Crippen LogP contribution in [0.3, 0.4) is 0 Å². The van der Waals surface area contributed by atoms with Gasteiger partial charge in [-0.15, -0.1) is 0 Å². The van der Waals surface area contributed by atoms with Gasteiger partial charge in [-0.1, -0.05) is 0 Å². The maximum absolute atomic E-state index is 12.4. The number of ether oxygens (including phenoxy) is 3. The molecule has 0 radical (unpaired) electrons. The number of nitrogens with zero attached hydrogens (tertiary/aromatic N) is 1. The summed E-state index contributed by atoms with van der Waals surface area (Å²) in [4.78, 5) is 25.4. The van der Waals surface area contributed by atoms with Crippen molar-refractivity contribution in [3.63, 3.8) is 0 Å². The average molecular weight is 333 g/mol. The van der Waals surface area contributed by atoms with Crippen molar-refractivity contribution in [3.8, 4) is 5.75 Å². The van der Waals surface area contributed by atoms with Crippen LogP contribution in [0.4, 0.5) is 0 Å². The highest BCUT2D eigenvalue weighted by molar-refractivity contribution is 5.94. The Hall–Kier alpha value is -1.92. The van der Waals surface area contributed by atoms with Crippen LogP contribution in [0.2, 0.25) is 0 Å². The topological polar surface area (TPSA) is 65.1 Å². The maximum atomic E-state index is 12.4. The monoisotopic (exact) mass is 333 g/mol. The van der Waals surface area contributed by atoms with Crippen LogP contribution in [0.25, 0.3) is 0 Å². The number of carbonyl (C=O) groups is 2. The number of hydrogen-bond donors (Lipinski definition) is 0. The molecule has 0 aromatic heterocycles. The summed E-state index contributed by atoms with van der Waals surface area (Å²) >= 11 is 0. The molecule has 130 valence electrons. The predicted octanol–water partition coefficient (Wildman–Crippen LogP) is 1.88. The van der Waals surface area contributed by atoms with Gasteiger partial charge in [-0.25, -0.2) is 0 Å². The molecule has 1 atom stereocenters. The van der Waals surface area contributed by atoms with E-state index in [0.29, 0.717) is 31.1 Å². The second-order valence-corrected chi connectivity index (χ2v) is 6.22. The number of likely N-dealkylation sites (tertiary alicyclic amines) is 1. The fourth-order valence-electron chi connectivity index (χ4n) is 3.13. The first-order chi connectivity index (χ1) is 11.6. The number of hydrogen-bond acceptors (Lipinski definition) is 5. The Morgan fingerprint density at radius 1 is 1.21 bits per heavy atom. The molecule has 0 aliphatic carbocycles. The molecule has 0 spiro atoms. The van der Waals surface area contributed by atoms with Crippen LogP contribution in [-0.2, 0) is 14.3 Å². The van der Waals surface area contributed by atoms with Gasteiger partial charge in [0, 0.05) is 24.6 Å². The number of ketones is 1. The molecule has 2 fully saturated rings. The number of carbonyl (C=O) groups excluding carboxylic acids is 2. The Balaban J connectivity index is 1.49. The molecule has 6 heteroatoms. The summed E-state index contributed by atoms with van der Waals surface area (Å²) in [6.07, 6.45) is 1.79. The van der Waals surface area contributed by atoms with Crippen LogP contribution < -0.4 is 4.74 Å². The second kappa shape index (κ2) is 7.77. The second-order valence-electron chi connectivity index (χ2n) is 6.22. The fourth-order valence-corrected chi connectivity index (χ4v) is 3.13. The molecule has 0 N–H and O–H groups in total. The third kappa shape index (κ3) is 4.13. The summed E-state index contributed by atoms with van der Waals surface area (Å²) in [6, 6.07) is 6.83. The van der Waals surface area contributed by atoms with Crippen molar-refractivity contribution in [2.75, 3.05) is 32.9 Å². The number of amides is 1. The minimum Gasteiger partial charge on any atom is -0.484 e. The molecule has 2 heterocycles. The molecule has 3 rings (SSSR count). The zero-order valence-corrected chi connectivity index (χ0v) is 13.9. The van der Waals surface area contributed by atoms with Crippen LogP contribution >= 0.6 is 0 Å². The lowest BCUT2D eigenvalue weighted by molar-refractivity contribution is -0.141. The zero-order chi connectivity index (χ0) is 16.9. The van der Waals surface area contributed by atoms with Crippen molar-refractivity contribution in [1.29, 1.82) is 0 Å². The Bertz CT molecular complexity index is 580. The van der Waals surface area contributed by atoms with Crippen LogP contribution in [0, 0.1) is 5.92 Å². The molecule has 2 saturated heterocycles. The van der Waals surface area contributed by atoms with E-state index in [-0.39, 0.29) is 30.5 Å². The summed E-state index contributed by atoms with van der Waals surface area (Å²) in [5, 5.41) is 0. The molecule has 2 aliphatic heterocycles. The third-order valence-corrected chi connectivity index (χ3v) is 4.47. The first-order valence-electron chi connectivity index (χ1n) is 8.38. The standard InChI is InChI=1S/C18H23NO5/c1-13(20)14-4-6-16(7-5-14)24-12-17(21)19-8-2-3-15(11-19)18-22-9-10-23-18/h4-7,15,18H,2-3,8-12H2,1H3. The van der Waals surface area contributed by atoms with Crippen molar-refractivity contribution in [2.24, 2.45) is 5.92 Å². The normalized spacial score (nSPS) is 21.7. The van der Waals surface area contributed by atoms with Crippen molar-refractivity contribution in [1.82, 2.24) is 4.90 Å². The molecule has 1 amide bonds. The van der Waals surface area contributed by atoms with E-state index in [1.807, 2.05) is 4.90 Å². The van der Waals surface area contributed by atoms with E-state index in [2.05, 4.69) is 0 Å². The number of piperidine rings is 1. The van der Waals surface area contributed by atoms with Gasteiger partial charge in [0.1, 0.15) is 5.75 Å². The molecule has 6 nitrogen and oxygen atoms in total. The minimum atomic E-state index is -0.180. The van der Waals surface area contributed by atoms with E-state index < -0.39 is 0 Å². The Kier molecular flexibility index (Phi) is 5.48. The van der Waals surface area contributed by atoms with Crippen molar-refractivity contribution < 1.29 is 23.8 Å². The number of benzene rings is 1. The van der Waals surface area contributed by atoms with E-state index in [0.717, 1.165) is 19.4 Å². The lowest BCUT2D eigenvalue weighted by atomic mass is 9.97. The molecule has 0 saturated carbocycles. The molecule has 1 unspecified atom stereocenters. The van der Waals surface area contributed by atoms with Gasteiger partial charge in [-0.3, -0.25) is 9.59 Å². The van der Waals surface area contributed by atoms with E-state index in [4.69, 9.17) is 14.2 Å². The highest BCUT2D eigenvalue weighted by Crippen LogP contribution is 2.25. The Labute approximate surface area is 141 Å². The SMILES string of the molecule is CC(=O)c1ccc(OCC(=O)N2CCCC(C3OCCO3)C2)cc1. The molecular formula is C18H23NO5. The quantitative estimate of drug-likeness (QED) is 0.770. The number of rotatable bonds is 5. The summed E-state index contributed by atoms with van der Waals surface area (Å²) in [5.74, 6) is 0.797. The molecule has 2 aliphatic rings. The smallest absolute Gasteiger partial charge is 0.260 e. The van der Waals surface area contributed by atoms with Gasteiger partial charge >= 0.3 is 0 Å². The van der Waals surface area contributed by atoms with Crippen molar-refractivity contribution >= 4 is 11.7 Å². The summed E-state index contributed by atoms with van der Waals surface area (Å²) in [5.41, 5.74) is 0.629. The first kappa shape index (κ1) is 16.9. The average Bonchev–Trinajstić information content (AvgIpc) is 3.15. The summed E-state index contributed by atoms with van der Waals surface area (Å²) in [7, 11) is 0. The Morgan fingerprint density at radius 2 is 1.92 bits per heavy atom. The molecule has 1 aromatic carbocycles. The van der Waals surface area contributed by atoms with Gasteiger partial charge < -0.3 is 19.1 Å². The molecule has 1 aromatic rings. The highest BCUT2D eigenvalue weighted by Gasteiger charge is 2.32. The molecular weight excluding hydrogens is 310 g/mol. The maximum Gasteiger partial charge on any atom is 0.260 e. The third-order valence-electron chi connectivity index (χ3n) is 4.47. The van der Waals surface area contributed by atoms with Crippen LogP contribution in [0.15, 0.2) is 24.3 Å². The fraction of sp³-hybridized carbons (Fsp3) is 0.556. The zero-order valence-electron chi connectivity index (χ0n) is 13.9. The van der Waals surface area contributed by atoms with Crippen molar-refractivity contribution in [3.05, 3.63) is 29.8 Å². The lowest BCUT2D eigenvalue weighted by Gasteiger charge is -2.34. The van der Waals surface area contributed by atoms with Gasteiger partial charge in [0.05, 0.1) is 13.2 Å². The van der Waals surface area contributed by atoms with E-state index in [1.54, 1.807) is 24.3 Å². The summed E-state index contributed by atoms with van der Waals surface area (Å²) < 4.78 is 16.7. The van der Waals surface area contributed by atoms with Gasteiger partial charge in [-0.05, 0) is 44.0 Å². The van der Waals surface area contributed by atoms with Gasteiger partial charge in [0.25, 0.3) is 5.91 Å². The summed E-state index contributed by atoms with van der Waals surface area (Å²) in [6.45, 7) is 4.18. The minimum absolute atomic E-state index is 0.00147. The molecule has 24 heavy (non-hydrogen) atoms. The van der Waals surface area contributed by atoms with Crippen molar-refractivity contribution in [2.45, 2.75) is 26.1 Å². The van der Waals surface area contributed by atoms with Crippen LogP contribution in [0.1, 0.15) is 30.1 Å². The predicted molar refractivity (Wildman–Crippen MR) is 86.9 cm³/mol. The van der Waals surface area contributed by atoms with Crippen LogP contribution in [-0.4, -0.2) is 55.8 Å². The number of Topliss-reactive ketones (excluding diaryl/α,β-unsaturated/α-hetero) is 1. The molecule has 0 bridgehead atoms. The lowest BCUT2D eigenvalue weighted by Crippen LogP contribution is -2.45.